The highest BCUT2D eigenvalue weighted by Crippen LogP contribution is 2.27. The predicted octanol–water partition coefficient (Wildman–Crippen LogP) is 5.94. The molecule has 5 aromatic rings. The van der Waals surface area contributed by atoms with Crippen LogP contribution in [0, 0.1) is 0 Å². The summed E-state index contributed by atoms with van der Waals surface area (Å²) >= 11 is 0. The van der Waals surface area contributed by atoms with Crippen LogP contribution in [-0.2, 0) is 17.9 Å². The molecule has 35 heavy (non-hydrogen) atoms. The molecular formula is C30H23N3O2. The first-order valence-electron chi connectivity index (χ1n) is 11.6. The molecule has 1 aliphatic rings. The van der Waals surface area contributed by atoms with Gasteiger partial charge in [-0.1, -0.05) is 91.0 Å². The minimum absolute atomic E-state index is 0.242. The number of urea groups is 1. The molecule has 3 amide bonds. The van der Waals surface area contributed by atoms with Crippen LogP contribution in [0.1, 0.15) is 16.7 Å². The van der Waals surface area contributed by atoms with E-state index in [9.17, 15) is 9.59 Å². The third-order valence-electron chi connectivity index (χ3n) is 6.49. The SMILES string of the molecule is O=C1N/C(=C/c2cn(Cc3cccc4ccccc34)c3ccccc23)C(=O)N1Cc1ccccc1. The maximum Gasteiger partial charge on any atom is 0.329 e. The van der Waals surface area contributed by atoms with Gasteiger partial charge in [-0.15, -0.1) is 0 Å². The van der Waals surface area contributed by atoms with Crippen LogP contribution in [0.2, 0.25) is 0 Å². The number of fused-ring (bicyclic) bond motifs is 2. The fourth-order valence-electron chi connectivity index (χ4n) is 4.77. The van der Waals surface area contributed by atoms with Gasteiger partial charge in [0.2, 0.25) is 0 Å². The van der Waals surface area contributed by atoms with E-state index >= 15 is 0 Å². The van der Waals surface area contributed by atoms with Gasteiger partial charge < -0.3 is 9.88 Å². The zero-order chi connectivity index (χ0) is 23.8. The van der Waals surface area contributed by atoms with Crippen molar-refractivity contribution in [2.75, 3.05) is 0 Å². The van der Waals surface area contributed by atoms with Crippen molar-refractivity contribution in [1.29, 1.82) is 0 Å². The van der Waals surface area contributed by atoms with Gasteiger partial charge in [-0.05, 0) is 34.0 Å². The lowest BCUT2D eigenvalue weighted by atomic mass is 10.0. The second-order valence-electron chi connectivity index (χ2n) is 8.73. The van der Waals surface area contributed by atoms with Crippen molar-refractivity contribution in [2.45, 2.75) is 13.1 Å². The lowest BCUT2D eigenvalue weighted by molar-refractivity contribution is -0.123. The van der Waals surface area contributed by atoms with Crippen molar-refractivity contribution in [3.05, 3.63) is 126 Å². The summed E-state index contributed by atoms with van der Waals surface area (Å²) in [5.74, 6) is -0.315. The smallest absolute Gasteiger partial charge is 0.329 e. The Labute approximate surface area is 202 Å². The third kappa shape index (κ3) is 3.87. The molecule has 1 aliphatic heterocycles. The van der Waals surface area contributed by atoms with E-state index in [-0.39, 0.29) is 12.5 Å². The quantitative estimate of drug-likeness (QED) is 0.262. The number of hydrogen-bond acceptors (Lipinski definition) is 2. The largest absolute Gasteiger partial charge is 0.342 e. The summed E-state index contributed by atoms with van der Waals surface area (Å²) < 4.78 is 2.20. The molecule has 170 valence electrons. The normalized spacial score (nSPS) is 14.9. The number of imide groups is 1. The number of carbonyl (C=O) groups excluding carboxylic acids is 2. The summed E-state index contributed by atoms with van der Waals surface area (Å²) in [5.41, 5.74) is 4.39. The molecule has 0 atom stereocenters. The summed E-state index contributed by atoms with van der Waals surface area (Å²) in [4.78, 5) is 26.9. The first kappa shape index (κ1) is 20.9. The first-order chi connectivity index (χ1) is 17.2. The van der Waals surface area contributed by atoms with Crippen molar-refractivity contribution in [2.24, 2.45) is 0 Å². The van der Waals surface area contributed by atoms with Gasteiger partial charge in [-0.2, -0.15) is 0 Å². The Morgan fingerprint density at radius 2 is 1.43 bits per heavy atom. The Morgan fingerprint density at radius 3 is 2.29 bits per heavy atom. The molecule has 2 heterocycles. The van der Waals surface area contributed by atoms with E-state index in [1.54, 1.807) is 6.08 Å². The second kappa shape index (κ2) is 8.61. The number of para-hydroxylation sites is 1. The number of nitrogens with zero attached hydrogens (tertiary/aromatic N) is 2. The van der Waals surface area contributed by atoms with Crippen LogP contribution in [0.5, 0.6) is 0 Å². The van der Waals surface area contributed by atoms with Crippen LogP contribution < -0.4 is 5.32 Å². The molecule has 5 heteroatoms. The van der Waals surface area contributed by atoms with E-state index in [2.05, 4.69) is 64.6 Å². The Kier molecular flexibility index (Phi) is 5.15. The van der Waals surface area contributed by atoms with Crippen LogP contribution in [0.4, 0.5) is 4.79 Å². The number of aromatic nitrogens is 1. The van der Waals surface area contributed by atoms with Gasteiger partial charge in [-0.25, -0.2) is 4.79 Å². The molecule has 0 radical (unpaired) electrons. The number of rotatable bonds is 5. The molecule has 5 nitrogen and oxygen atoms in total. The standard InChI is InChI=1S/C30H23N3O2/c34-29-27(31-30(35)33(29)18-21-9-2-1-3-10-21)17-24-20-32(28-16-7-6-15-26(24)28)19-23-13-8-12-22-11-4-5-14-25(22)23/h1-17,20H,18-19H2,(H,31,35)/b27-17+. The summed E-state index contributed by atoms with van der Waals surface area (Å²) in [6, 6.07) is 32.0. The minimum atomic E-state index is -0.399. The number of nitrogens with one attached hydrogen (secondary N) is 1. The highest BCUT2D eigenvalue weighted by atomic mass is 16.2. The Bertz CT molecular complexity index is 1610. The molecule has 0 unspecified atom stereocenters. The fraction of sp³-hybridized carbons (Fsp3) is 0.0667. The molecule has 1 saturated heterocycles. The van der Waals surface area contributed by atoms with Crippen molar-refractivity contribution < 1.29 is 9.59 Å². The lowest BCUT2D eigenvalue weighted by Crippen LogP contribution is -2.30. The predicted molar refractivity (Wildman–Crippen MR) is 138 cm³/mol. The summed E-state index contributed by atoms with van der Waals surface area (Å²) in [6.45, 7) is 0.942. The lowest BCUT2D eigenvalue weighted by Gasteiger charge is -2.11. The third-order valence-corrected chi connectivity index (χ3v) is 6.49. The van der Waals surface area contributed by atoms with Crippen molar-refractivity contribution in [1.82, 2.24) is 14.8 Å². The summed E-state index contributed by atoms with van der Waals surface area (Å²) in [6.07, 6.45) is 3.84. The maximum absolute atomic E-state index is 13.1. The molecule has 0 saturated carbocycles. The topological polar surface area (TPSA) is 54.3 Å². The Hall–Kier alpha value is -4.64. The number of carbonyl (C=O) groups is 2. The molecule has 1 N–H and O–H groups in total. The van der Waals surface area contributed by atoms with Gasteiger partial charge in [0, 0.05) is 29.2 Å². The van der Waals surface area contributed by atoms with Gasteiger partial charge in [-0.3, -0.25) is 9.69 Å². The monoisotopic (exact) mass is 457 g/mol. The van der Waals surface area contributed by atoms with Crippen LogP contribution in [0.25, 0.3) is 27.8 Å². The average Bonchev–Trinajstić information content (AvgIpc) is 3.37. The molecule has 0 aliphatic carbocycles. The van der Waals surface area contributed by atoms with E-state index in [1.165, 1.54) is 21.2 Å². The fourth-order valence-corrected chi connectivity index (χ4v) is 4.77. The minimum Gasteiger partial charge on any atom is -0.342 e. The molecule has 4 aromatic carbocycles. The van der Waals surface area contributed by atoms with Gasteiger partial charge in [0.25, 0.3) is 5.91 Å². The zero-order valence-electron chi connectivity index (χ0n) is 19.0. The van der Waals surface area contributed by atoms with E-state index in [1.807, 2.05) is 48.5 Å². The van der Waals surface area contributed by atoms with Crippen molar-refractivity contribution >= 4 is 39.7 Å². The molecule has 6 rings (SSSR count). The van der Waals surface area contributed by atoms with Gasteiger partial charge in [0.1, 0.15) is 5.70 Å². The number of hydrogen-bond donors (Lipinski definition) is 1. The second-order valence-corrected chi connectivity index (χ2v) is 8.73. The molecule has 1 fully saturated rings. The Balaban J connectivity index is 1.35. The highest BCUT2D eigenvalue weighted by Gasteiger charge is 2.33. The zero-order valence-corrected chi connectivity index (χ0v) is 19.0. The molecule has 1 aromatic heterocycles. The van der Waals surface area contributed by atoms with E-state index in [4.69, 9.17) is 0 Å². The summed E-state index contributed by atoms with van der Waals surface area (Å²) in [5, 5.41) is 6.23. The highest BCUT2D eigenvalue weighted by molar-refractivity contribution is 6.14. The van der Waals surface area contributed by atoms with Crippen LogP contribution in [0.3, 0.4) is 0 Å². The Morgan fingerprint density at radius 1 is 0.714 bits per heavy atom. The van der Waals surface area contributed by atoms with Crippen molar-refractivity contribution in [3.8, 4) is 0 Å². The van der Waals surface area contributed by atoms with Gasteiger partial charge in [0.15, 0.2) is 0 Å². The van der Waals surface area contributed by atoms with Crippen LogP contribution >= 0.6 is 0 Å². The van der Waals surface area contributed by atoms with E-state index in [0.717, 1.165) is 22.0 Å². The van der Waals surface area contributed by atoms with Gasteiger partial charge in [0.05, 0.1) is 6.54 Å². The average molecular weight is 458 g/mol. The van der Waals surface area contributed by atoms with Crippen molar-refractivity contribution in [3.63, 3.8) is 0 Å². The van der Waals surface area contributed by atoms with E-state index in [0.29, 0.717) is 12.2 Å². The summed E-state index contributed by atoms with van der Waals surface area (Å²) in [7, 11) is 0. The number of benzene rings is 4. The molecule has 0 spiro atoms. The molecule has 0 bridgehead atoms. The van der Waals surface area contributed by atoms with Crippen LogP contribution in [-0.4, -0.2) is 21.4 Å². The number of amides is 3. The first-order valence-corrected chi connectivity index (χ1v) is 11.6. The van der Waals surface area contributed by atoms with E-state index < -0.39 is 6.03 Å². The maximum atomic E-state index is 13.1. The van der Waals surface area contributed by atoms with Crippen LogP contribution in [0.15, 0.2) is 109 Å². The molecular weight excluding hydrogens is 434 g/mol. The van der Waals surface area contributed by atoms with Gasteiger partial charge >= 0.3 is 6.03 Å².